The lowest BCUT2D eigenvalue weighted by atomic mass is 10.1. The molecule has 18 heavy (non-hydrogen) atoms. The van der Waals surface area contributed by atoms with Gasteiger partial charge in [0.25, 0.3) is 0 Å². The first-order valence-electron chi connectivity index (χ1n) is 5.65. The molecule has 0 fully saturated rings. The molecule has 0 amide bonds. The first kappa shape index (κ1) is 15.3. The van der Waals surface area contributed by atoms with Crippen molar-refractivity contribution in [3.05, 3.63) is 28.8 Å². The molecule has 0 radical (unpaired) electrons. The van der Waals surface area contributed by atoms with E-state index in [1.54, 1.807) is 18.2 Å². The molecule has 1 aromatic rings. The Hall–Kier alpha value is -0.780. The fraction of sp³-hybridized carbons (Fsp3) is 0.500. The van der Waals surface area contributed by atoms with Gasteiger partial charge in [-0.25, -0.2) is 8.42 Å². The summed E-state index contributed by atoms with van der Waals surface area (Å²) in [6, 6.07) is 5.05. The Morgan fingerprint density at radius 2 is 2.11 bits per heavy atom. The van der Waals surface area contributed by atoms with Crippen LogP contribution in [0.1, 0.15) is 24.9 Å². The molecule has 0 aromatic heterocycles. The van der Waals surface area contributed by atoms with Gasteiger partial charge in [-0.1, -0.05) is 11.6 Å². The fourth-order valence-corrected chi connectivity index (χ4v) is 2.33. The van der Waals surface area contributed by atoms with Crippen molar-refractivity contribution < 1.29 is 13.2 Å². The van der Waals surface area contributed by atoms with Crippen molar-refractivity contribution >= 4 is 21.4 Å². The maximum Gasteiger partial charge on any atom is 0.147 e. The molecule has 0 aliphatic rings. The third kappa shape index (κ3) is 5.25. The van der Waals surface area contributed by atoms with E-state index >= 15 is 0 Å². The zero-order chi connectivity index (χ0) is 13.8. The molecule has 0 spiro atoms. The summed E-state index contributed by atoms with van der Waals surface area (Å²) in [7, 11) is -2.94. The molecular weight excluding hydrogens is 274 g/mol. The number of sulfone groups is 1. The van der Waals surface area contributed by atoms with Gasteiger partial charge in [-0.2, -0.15) is 0 Å². The Kier molecular flexibility index (Phi) is 5.44. The second-order valence-corrected chi connectivity index (χ2v) is 7.00. The fourth-order valence-electron chi connectivity index (χ4n) is 1.51. The molecule has 1 rings (SSSR count). The van der Waals surface area contributed by atoms with Gasteiger partial charge in [0.1, 0.15) is 15.6 Å². The van der Waals surface area contributed by atoms with E-state index in [4.69, 9.17) is 22.1 Å². The van der Waals surface area contributed by atoms with Gasteiger partial charge in [0.05, 0.1) is 12.4 Å². The predicted molar refractivity (Wildman–Crippen MR) is 73.9 cm³/mol. The van der Waals surface area contributed by atoms with Crippen molar-refractivity contribution in [2.75, 3.05) is 18.6 Å². The zero-order valence-corrected chi connectivity index (χ0v) is 12.1. The monoisotopic (exact) mass is 291 g/mol. The molecule has 1 aromatic carbocycles. The topological polar surface area (TPSA) is 69.4 Å². The number of halogens is 1. The summed E-state index contributed by atoms with van der Waals surface area (Å²) < 4.78 is 27.5. The van der Waals surface area contributed by atoms with Crippen molar-refractivity contribution in [2.45, 2.75) is 19.4 Å². The van der Waals surface area contributed by atoms with Crippen LogP contribution in [0.25, 0.3) is 0 Å². The van der Waals surface area contributed by atoms with Crippen molar-refractivity contribution in [3.63, 3.8) is 0 Å². The van der Waals surface area contributed by atoms with Crippen molar-refractivity contribution in [2.24, 2.45) is 5.73 Å². The van der Waals surface area contributed by atoms with Crippen LogP contribution < -0.4 is 10.5 Å². The summed E-state index contributed by atoms with van der Waals surface area (Å²) in [4.78, 5) is 0. The SMILES string of the molecule is CC(N)c1cc(Cl)ccc1OCCCS(C)(=O)=O. The lowest BCUT2D eigenvalue weighted by Crippen LogP contribution is -2.11. The van der Waals surface area contributed by atoms with Crippen LogP contribution in [-0.4, -0.2) is 27.0 Å². The summed E-state index contributed by atoms with van der Waals surface area (Å²) in [5.41, 5.74) is 6.64. The second kappa shape index (κ2) is 6.41. The van der Waals surface area contributed by atoms with E-state index in [0.29, 0.717) is 23.8 Å². The third-order valence-electron chi connectivity index (χ3n) is 2.38. The Labute approximate surface area is 113 Å². The van der Waals surface area contributed by atoms with Crippen molar-refractivity contribution in [1.82, 2.24) is 0 Å². The number of hydrogen-bond acceptors (Lipinski definition) is 4. The average molecular weight is 292 g/mol. The Morgan fingerprint density at radius 3 is 2.67 bits per heavy atom. The molecule has 1 unspecified atom stereocenters. The van der Waals surface area contributed by atoms with Crippen molar-refractivity contribution in [1.29, 1.82) is 0 Å². The lowest BCUT2D eigenvalue weighted by Gasteiger charge is -2.14. The first-order valence-corrected chi connectivity index (χ1v) is 8.09. The predicted octanol–water partition coefficient (Wildman–Crippen LogP) is 2.17. The maximum absolute atomic E-state index is 11.0. The Bertz CT molecular complexity index is 500. The minimum Gasteiger partial charge on any atom is -0.493 e. The van der Waals surface area contributed by atoms with Gasteiger partial charge < -0.3 is 10.5 Å². The van der Waals surface area contributed by atoms with E-state index in [1.165, 1.54) is 6.26 Å². The summed E-state index contributed by atoms with van der Waals surface area (Å²) in [6.45, 7) is 2.18. The highest BCUT2D eigenvalue weighted by atomic mass is 35.5. The lowest BCUT2D eigenvalue weighted by molar-refractivity contribution is 0.313. The molecule has 0 saturated carbocycles. The highest BCUT2D eigenvalue weighted by molar-refractivity contribution is 7.90. The molecule has 1 atom stereocenters. The van der Waals surface area contributed by atoms with Crippen LogP contribution in [0.5, 0.6) is 5.75 Å². The third-order valence-corrected chi connectivity index (χ3v) is 3.64. The number of hydrogen-bond donors (Lipinski definition) is 1. The molecule has 0 bridgehead atoms. The standard InChI is InChI=1S/C12H18ClNO3S/c1-9(14)11-8-10(13)4-5-12(11)17-6-3-7-18(2,15)16/h4-5,8-9H,3,6-7,14H2,1-2H3. The van der Waals surface area contributed by atoms with E-state index in [0.717, 1.165) is 5.56 Å². The van der Waals surface area contributed by atoms with Crippen LogP contribution in [0.4, 0.5) is 0 Å². The number of rotatable bonds is 6. The normalized spacial score (nSPS) is 13.3. The highest BCUT2D eigenvalue weighted by Crippen LogP contribution is 2.27. The number of ether oxygens (including phenoxy) is 1. The van der Waals surface area contributed by atoms with Crippen LogP contribution in [0.15, 0.2) is 18.2 Å². The average Bonchev–Trinajstić information content (AvgIpc) is 2.24. The zero-order valence-electron chi connectivity index (χ0n) is 10.5. The van der Waals surface area contributed by atoms with Gasteiger partial charge >= 0.3 is 0 Å². The number of benzene rings is 1. The van der Waals surface area contributed by atoms with Crippen LogP contribution in [0, 0.1) is 0 Å². The maximum atomic E-state index is 11.0. The van der Waals surface area contributed by atoms with Gasteiger partial charge in [-0.05, 0) is 31.5 Å². The van der Waals surface area contributed by atoms with Gasteiger partial charge in [0, 0.05) is 22.9 Å². The van der Waals surface area contributed by atoms with Crippen LogP contribution >= 0.6 is 11.6 Å². The number of nitrogens with two attached hydrogens (primary N) is 1. The first-order chi connectivity index (χ1) is 8.29. The van der Waals surface area contributed by atoms with Gasteiger partial charge in [0.15, 0.2) is 0 Å². The molecule has 6 heteroatoms. The van der Waals surface area contributed by atoms with E-state index in [1.807, 2.05) is 6.92 Å². The van der Waals surface area contributed by atoms with Crippen LogP contribution in [0.3, 0.4) is 0 Å². The molecule has 4 nitrogen and oxygen atoms in total. The summed E-state index contributed by atoms with van der Waals surface area (Å²) in [6.07, 6.45) is 1.67. The van der Waals surface area contributed by atoms with E-state index in [-0.39, 0.29) is 11.8 Å². The van der Waals surface area contributed by atoms with E-state index < -0.39 is 9.84 Å². The largest absolute Gasteiger partial charge is 0.493 e. The second-order valence-electron chi connectivity index (χ2n) is 4.30. The molecule has 2 N–H and O–H groups in total. The van der Waals surface area contributed by atoms with Gasteiger partial charge in [-0.15, -0.1) is 0 Å². The molecule has 0 aliphatic heterocycles. The van der Waals surface area contributed by atoms with Gasteiger partial charge in [-0.3, -0.25) is 0 Å². The summed E-state index contributed by atoms with van der Waals surface area (Å²) in [5, 5.41) is 0.603. The molecule has 102 valence electrons. The van der Waals surface area contributed by atoms with E-state index in [2.05, 4.69) is 0 Å². The molecular formula is C12H18ClNO3S. The smallest absolute Gasteiger partial charge is 0.147 e. The Balaban J connectivity index is 2.62. The van der Waals surface area contributed by atoms with E-state index in [9.17, 15) is 8.42 Å². The van der Waals surface area contributed by atoms with Gasteiger partial charge in [0.2, 0.25) is 0 Å². The van der Waals surface area contributed by atoms with Crippen LogP contribution in [-0.2, 0) is 9.84 Å². The minimum atomic E-state index is -2.94. The summed E-state index contributed by atoms with van der Waals surface area (Å²) >= 11 is 5.89. The molecule has 0 aliphatic carbocycles. The molecule has 0 heterocycles. The molecule has 0 saturated heterocycles. The minimum absolute atomic E-state index is 0.119. The van der Waals surface area contributed by atoms with Crippen LogP contribution in [0.2, 0.25) is 5.02 Å². The summed E-state index contributed by atoms with van der Waals surface area (Å²) in [5.74, 6) is 0.775. The van der Waals surface area contributed by atoms with Crippen molar-refractivity contribution in [3.8, 4) is 5.75 Å². The quantitative estimate of drug-likeness (QED) is 0.816. The Morgan fingerprint density at radius 1 is 1.44 bits per heavy atom. The highest BCUT2D eigenvalue weighted by Gasteiger charge is 2.09.